The molecular formula is C19H18N2O3S. The number of piperidine rings is 1. The van der Waals surface area contributed by atoms with Gasteiger partial charge in [0, 0.05) is 24.8 Å². The molecule has 25 heavy (non-hydrogen) atoms. The second-order valence-corrected chi connectivity index (χ2v) is 8.12. The average Bonchev–Trinajstić information content (AvgIpc) is 3.04. The van der Waals surface area contributed by atoms with Gasteiger partial charge in [0.05, 0.1) is 15.3 Å². The fourth-order valence-corrected chi connectivity index (χ4v) is 4.90. The Labute approximate surface area is 149 Å². The Bertz CT molecular complexity index is 839. The zero-order valence-corrected chi connectivity index (χ0v) is 14.9. The average molecular weight is 354 g/mol. The normalized spacial score (nSPS) is 22.6. The number of hydrogen-bond acceptors (Lipinski definition) is 5. The van der Waals surface area contributed by atoms with Crippen LogP contribution in [0.3, 0.4) is 0 Å². The monoisotopic (exact) mass is 354 g/mol. The van der Waals surface area contributed by atoms with Crippen molar-refractivity contribution in [1.82, 2.24) is 9.88 Å². The molecule has 0 saturated carbocycles. The van der Waals surface area contributed by atoms with Crippen LogP contribution in [0.1, 0.15) is 61.2 Å². The minimum atomic E-state index is -0.269. The fraction of sp³-hybridized carbons (Fsp3) is 0.368. The quantitative estimate of drug-likeness (QED) is 0.674. The molecule has 1 aliphatic heterocycles. The van der Waals surface area contributed by atoms with Crippen LogP contribution in [0.5, 0.6) is 0 Å². The molecule has 1 saturated heterocycles. The number of pyridine rings is 1. The zero-order valence-electron chi connectivity index (χ0n) is 14.1. The Morgan fingerprint density at radius 2 is 1.88 bits per heavy atom. The van der Waals surface area contributed by atoms with Gasteiger partial charge in [-0.2, -0.15) is 0 Å². The topological polar surface area (TPSA) is 67.3 Å². The highest BCUT2D eigenvalue weighted by molar-refractivity contribution is 7.16. The summed E-state index contributed by atoms with van der Waals surface area (Å²) in [5.41, 5.74) is 0.829. The standard InChI is InChI=1S/C19H18N2O3S/c1-10-6-11(2)9-21(8-10)19(24)14-7-13-16(22)12-4-3-5-20-15(12)17(23)18(13)25-14/h3-5,7,10-11H,6,8-9H2,1-2H3. The van der Waals surface area contributed by atoms with Crippen LogP contribution in [0, 0.1) is 11.8 Å². The molecule has 4 rings (SSSR count). The molecule has 2 aliphatic rings. The smallest absolute Gasteiger partial charge is 0.263 e. The minimum Gasteiger partial charge on any atom is -0.337 e. The largest absolute Gasteiger partial charge is 0.337 e. The van der Waals surface area contributed by atoms with Crippen LogP contribution in [-0.4, -0.2) is 40.4 Å². The lowest BCUT2D eigenvalue weighted by Crippen LogP contribution is -2.42. The van der Waals surface area contributed by atoms with E-state index in [0.717, 1.165) is 30.8 Å². The summed E-state index contributed by atoms with van der Waals surface area (Å²) in [4.78, 5) is 44.9. The predicted octanol–water partition coefficient (Wildman–Crippen LogP) is 3.04. The summed E-state index contributed by atoms with van der Waals surface area (Å²) < 4.78 is 0. The van der Waals surface area contributed by atoms with E-state index < -0.39 is 0 Å². The molecule has 2 atom stereocenters. The predicted molar refractivity (Wildman–Crippen MR) is 94.3 cm³/mol. The SMILES string of the molecule is CC1CC(C)CN(C(=O)c2cc3c(s2)C(=O)c2ncccc2C3=O)C1. The lowest BCUT2D eigenvalue weighted by Gasteiger charge is -2.34. The van der Waals surface area contributed by atoms with Gasteiger partial charge >= 0.3 is 0 Å². The summed E-state index contributed by atoms with van der Waals surface area (Å²) in [6, 6.07) is 4.84. The Morgan fingerprint density at radius 1 is 1.16 bits per heavy atom. The molecule has 5 nitrogen and oxygen atoms in total. The summed E-state index contributed by atoms with van der Waals surface area (Å²) in [6.45, 7) is 5.72. The van der Waals surface area contributed by atoms with E-state index in [1.165, 1.54) is 6.20 Å². The van der Waals surface area contributed by atoms with Crippen molar-refractivity contribution >= 4 is 28.8 Å². The highest BCUT2D eigenvalue weighted by Crippen LogP contribution is 2.33. The van der Waals surface area contributed by atoms with Gasteiger partial charge in [0.1, 0.15) is 5.69 Å². The van der Waals surface area contributed by atoms with Gasteiger partial charge in [-0.1, -0.05) is 13.8 Å². The molecule has 1 amide bonds. The number of nitrogens with zero attached hydrogens (tertiary/aromatic N) is 2. The third-order valence-electron chi connectivity index (χ3n) is 4.82. The van der Waals surface area contributed by atoms with E-state index in [1.54, 1.807) is 18.2 Å². The van der Waals surface area contributed by atoms with Gasteiger partial charge in [0.25, 0.3) is 5.91 Å². The number of carbonyl (C=O) groups is 3. The van der Waals surface area contributed by atoms with Crippen LogP contribution >= 0.6 is 11.3 Å². The van der Waals surface area contributed by atoms with Gasteiger partial charge in [-0.25, -0.2) is 0 Å². The maximum atomic E-state index is 12.9. The summed E-state index contributed by atoms with van der Waals surface area (Å²) in [5.74, 6) is 0.330. The number of aromatic nitrogens is 1. The lowest BCUT2D eigenvalue weighted by atomic mass is 9.91. The maximum absolute atomic E-state index is 12.9. The Kier molecular flexibility index (Phi) is 3.80. The van der Waals surface area contributed by atoms with E-state index in [-0.39, 0.29) is 23.2 Å². The van der Waals surface area contributed by atoms with Crippen LogP contribution in [0.2, 0.25) is 0 Å². The van der Waals surface area contributed by atoms with Crippen molar-refractivity contribution in [1.29, 1.82) is 0 Å². The van der Waals surface area contributed by atoms with E-state index >= 15 is 0 Å². The number of thiophene rings is 1. The molecule has 0 N–H and O–H groups in total. The van der Waals surface area contributed by atoms with E-state index in [1.807, 2.05) is 4.90 Å². The van der Waals surface area contributed by atoms with Crippen LogP contribution in [-0.2, 0) is 0 Å². The number of ketones is 2. The number of amides is 1. The molecule has 6 heteroatoms. The van der Waals surface area contributed by atoms with Gasteiger partial charge in [-0.15, -0.1) is 11.3 Å². The molecule has 128 valence electrons. The van der Waals surface area contributed by atoms with Crippen molar-refractivity contribution in [3.8, 4) is 0 Å². The maximum Gasteiger partial charge on any atom is 0.263 e. The zero-order chi connectivity index (χ0) is 17.7. The number of fused-ring (bicyclic) bond motifs is 2. The Balaban J connectivity index is 1.70. The molecule has 1 aliphatic carbocycles. The van der Waals surface area contributed by atoms with Crippen molar-refractivity contribution in [3.05, 3.63) is 51.0 Å². The molecule has 0 spiro atoms. The first kappa shape index (κ1) is 16.1. The van der Waals surface area contributed by atoms with Crippen molar-refractivity contribution < 1.29 is 14.4 Å². The number of hydrogen-bond donors (Lipinski definition) is 0. The third kappa shape index (κ3) is 2.61. The van der Waals surface area contributed by atoms with Crippen LogP contribution in [0.4, 0.5) is 0 Å². The van der Waals surface area contributed by atoms with Crippen LogP contribution in [0.15, 0.2) is 24.4 Å². The van der Waals surface area contributed by atoms with Gasteiger partial charge < -0.3 is 4.90 Å². The highest BCUT2D eigenvalue weighted by atomic mass is 32.1. The molecule has 2 unspecified atom stereocenters. The Hall–Kier alpha value is -2.34. The lowest BCUT2D eigenvalue weighted by molar-refractivity contribution is 0.0628. The molecule has 2 aromatic heterocycles. The molecule has 2 aromatic rings. The highest BCUT2D eigenvalue weighted by Gasteiger charge is 2.35. The number of rotatable bonds is 1. The second-order valence-electron chi connectivity index (χ2n) is 7.07. The molecule has 3 heterocycles. The van der Waals surface area contributed by atoms with Crippen molar-refractivity contribution in [2.45, 2.75) is 20.3 Å². The first-order valence-electron chi connectivity index (χ1n) is 8.43. The van der Waals surface area contributed by atoms with Gasteiger partial charge in [-0.3, -0.25) is 19.4 Å². The summed E-state index contributed by atoms with van der Waals surface area (Å²) in [6.07, 6.45) is 2.62. The fourth-order valence-electron chi connectivity index (χ4n) is 3.84. The van der Waals surface area contributed by atoms with Crippen LogP contribution in [0.25, 0.3) is 0 Å². The molecule has 0 radical (unpaired) electrons. The molecular weight excluding hydrogens is 336 g/mol. The summed E-state index contributed by atoms with van der Waals surface area (Å²) in [7, 11) is 0. The molecule has 1 fully saturated rings. The van der Waals surface area contributed by atoms with Gasteiger partial charge in [0.2, 0.25) is 5.78 Å². The van der Waals surface area contributed by atoms with E-state index in [2.05, 4.69) is 18.8 Å². The van der Waals surface area contributed by atoms with Gasteiger partial charge in [0.15, 0.2) is 5.78 Å². The van der Waals surface area contributed by atoms with E-state index in [4.69, 9.17) is 0 Å². The Morgan fingerprint density at radius 3 is 2.60 bits per heavy atom. The van der Waals surface area contributed by atoms with Crippen LogP contribution < -0.4 is 0 Å². The van der Waals surface area contributed by atoms with E-state index in [9.17, 15) is 14.4 Å². The summed E-state index contributed by atoms with van der Waals surface area (Å²) >= 11 is 1.11. The second kappa shape index (κ2) is 5.88. The third-order valence-corrected chi connectivity index (χ3v) is 5.94. The van der Waals surface area contributed by atoms with Gasteiger partial charge in [-0.05, 0) is 36.5 Å². The van der Waals surface area contributed by atoms with Crippen molar-refractivity contribution in [2.75, 3.05) is 13.1 Å². The number of carbonyl (C=O) groups excluding carboxylic acids is 3. The molecule has 0 aromatic carbocycles. The van der Waals surface area contributed by atoms with E-state index in [0.29, 0.717) is 32.7 Å². The first-order valence-corrected chi connectivity index (χ1v) is 9.25. The molecule has 0 bridgehead atoms. The minimum absolute atomic E-state index is 0.0876. The summed E-state index contributed by atoms with van der Waals surface area (Å²) in [5, 5.41) is 0. The van der Waals surface area contributed by atoms with Crippen molar-refractivity contribution in [2.24, 2.45) is 11.8 Å². The first-order chi connectivity index (χ1) is 12.0. The number of likely N-dealkylation sites (tertiary alicyclic amines) is 1. The van der Waals surface area contributed by atoms with Crippen molar-refractivity contribution in [3.63, 3.8) is 0 Å².